The lowest BCUT2D eigenvalue weighted by Gasteiger charge is -2.26. The summed E-state index contributed by atoms with van der Waals surface area (Å²) in [5, 5.41) is 3.20. The van der Waals surface area contributed by atoms with Gasteiger partial charge in [0, 0.05) is 19.6 Å². The number of nitrogens with one attached hydrogen (secondary N) is 2. The predicted octanol–water partition coefficient (Wildman–Crippen LogP) is 3.03. The molecule has 2 N–H and O–H groups in total. The minimum atomic E-state index is -3.89. The third-order valence-electron chi connectivity index (χ3n) is 4.99. The Morgan fingerprint density at radius 1 is 0.968 bits per heavy atom. The van der Waals surface area contributed by atoms with E-state index in [1.807, 2.05) is 13.0 Å². The van der Waals surface area contributed by atoms with E-state index in [4.69, 9.17) is 4.74 Å². The molecule has 1 aliphatic heterocycles. The summed E-state index contributed by atoms with van der Waals surface area (Å²) >= 11 is 0. The first kappa shape index (κ1) is 23.5. The van der Waals surface area contributed by atoms with Gasteiger partial charge in [0.25, 0.3) is 10.0 Å². The van der Waals surface area contributed by atoms with E-state index in [1.54, 1.807) is 18.2 Å². The zero-order valence-corrected chi connectivity index (χ0v) is 19.4. The average molecular weight is 468 g/mol. The quantitative estimate of drug-likeness (QED) is 0.549. The number of hydrogen-bond acceptors (Lipinski definition) is 6. The van der Waals surface area contributed by atoms with E-state index in [0.29, 0.717) is 25.4 Å². The van der Waals surface area contributed by atoms with Crippen molar-refractivity contribution in [2.45, 2.75) is 36.5 Å². The van der Waals surface area contributed by atoms with Crippen LogP contribution in [0.3, 0.4) is 0 Å². The number of nitrogens with zero attached hydrogens (tertiary/aromatic N) is 1. The summed E-state index contributed by atoms with van der Waals surface area (Å²) in [6.45, 7) is 5.72. The van der Waals surface area contributed by atoms with Crippen LogP contribution in [0, 0.1) is 6.92 Å². The fourth-order valence-corrected chi connectivity index (χ4v) is 5.85. The number of unbranched alkanes of at least 4 members (excludes halogenated alkanes) is 1. The van der Waals surface area contributed by atoms with Crippen molar-refractivity contribution in [3.63, 3.8) is 0 Å². The highest BCUT2D eigenvalue weighted by Crippen LogP contribution is 2.30. The fraction of sp³-hybridized carbons (Fsp3) is 0.429. The Morgan fingerprint density at radius 2 is 1.71 bits per heavy atom. The Hall–Kier alpha value is -2.14. The highest BCUT2D eigenvalue weighted by Gasteiger charge is 2.27. The molecule has 2 aromatic carbocycles. The molecule has 0 amide bonds. The fourth-order valence-electron chi connectivity index (χ4n) is 3.24. The molecule has 1 fully saturated rings. The molecule has 0 unspecified atom stereocenters. The Balaban J connectivity index is 1.97. The molecule has 8 nitrogen and oxygen atoms in total. The standard InChI is InChI=1S/C21H29N3O5S2/c1-3-4-10-22-20-9-8-19(31(27,28)24-11-13-29-14-12-24)16-21(20)23-30(25,26)18-7-5-6-17(2)15-18/h5-9,15-16,22-23H,3-4,10-14H2,1-2H3. The molecule has 2 aromatic rings. The zero-order valence-electron chi connectivity index (χ0n) is 17.8. The molecule has 170 valence electrons. The van der Waals surface area contributed by atoms with Gasteiger partial charge in [-0.05, 0) is 49.2 Å². The van der Waals surface area contributed by atoms with E-state index in [0.717, 1.165) is 18.4 Å². The summed E-state index contributed by atoms with van der Waals surface area (Å²) in [5.74, 6) is 0. The Morgan fingerprint density at radius 3 is 2.39 bits per heavy atom. The molecule has 0 atom stereocenters. The normalized spacial score (nSPS) is 15.5. The van der Waals surface area contributed by atoms with Crippen LogP contribution in [0.5, 0.6) is 0 Å². The van der Waals surface area contributed by atoms with Crippen LogP contribution < -0.4 is 10.0 Å². The molecule has 3 rings (SSSR count). The molecule has 1 saturated heterocycles. The van der Waals surface area contributed by atoms with Gasteiger partial charge >= 0.3 is 0 Å². The van der Waals surface area contributed by atoms with Gasteiger partial charge in [-0.2, -0.15) is 4.31 Å². The highest BCUT2D eigenvalue weighted by molar-refractivity contribution is 7.92. The van der Waals surface area contributed by atoms with Crippen molar-refractivity contribution in [2.24, 2.45) is 0 Å². The van der Waals surface area contributed by atoms with Gasteiger partial charge in [-0.25, -0.2) is 16.8 Å². The Labute approximate surface area is 184 Å². The zero-order chi connectivity index (χ0) is 22.5. The van der Waals surface area contributed by atoms with Gasteiger partial charge in [0.05, 0.1) is 34.4 Å². The molecule has 1 heterocycles. The van der Waals surface area contributed by atoms with Crippen LogP contribution >= 0.6 is 0 Å². The van der Waals surface area contributed by atoms with E-state index >= 15 is 0 Å². The minimum Gasteiger partial charge on any atom is -0.383 e. The van der Waals surface area contributed by atoms with Gasteiger partial charge in [-0.1, -0.05) is 25.5 Å². The largest absolute Gasteiger partial charge is 0.383 e. The maximum Gasteiger partial charge on any atom is 0.261 e. The predicted molar refractivity (Wildman–Crippen MR) is 121 cm³/mol. The van der Waals surface area contributed by atoms with Crippen LogP contribution in [-0.4, -0.2) is 54.0 Å². The number of hydrogen-bond donors (Lipinski definition) is 2. The summed E-state index contributed by atoms with van der Waals surface area (Å²) in [6.07, 6.45) is 1.87. The average Bonchev–Trinajstić information content (AvgIpc) is 2.75. The summed E-state index contributed by atoms with van der Waals surface area (Å²) in [7, 11) is -7.66. The number of aryl methyl sites for hydroxylation is 1. The van der Waals surface area contributed by atoms with Crippen LogP contribution in [-0.2, 0) is 24.8 Å². The third-order valence-corrected chi connectivity index (χ3v) is 8.25. The van der Waals surface area contributed by atoms with Gasteiger partial charge in [0.15, 0.2) is 0 Å². The molecule has 0 radical (unpaired) electrons. The molecule has 31 heavy (non-hydrogen) atoms. The summed E-state index contributed by atoms with van der Waals surface area (Å²) < 4.78 is 61.3. The van der Waals surface area contributed by atoms with Crippen molar-refractivity contribution >= 4 is 31.4 Å². The number of ether oxygens (including phenoxy) is 1. The van der Waals surface area contributed by atoms with E-state index in [1.165, 1.54) is 22.5 Å². The second kappa shape index (κ2) is 9.99. The lowest BCUT2D eigenvalue weighted by atomic mass is 10.2. The molecule has 1 aliphatic rings. The van der Waals surface area contributed by atoms with Crippen LogP contribution in [0.1, 0.15) is 25.3 Å². The molecule has 0 aliphatic carbocycles. The first-order valence-corrected chi connectivity index (χ1v) is 13.2. The van der Waals surface area contributed by atoms with E-state index < -0.39 is 20.0 Å². The molecule has 10 heteroatoms. The Kier molecular flexibility index (Phi) is 7.58. The monoisotopic (exact) mass is 467 g/mol. The van der Waals surface area contributed by atoms with Gasteiger partial charge < -0.3 is 10.1 Å². The van der Waals surface area contributed by atoms with Crippen LogP contribution in [0.2, 0.25) is 0 Å². The number of rotatable bonds is 9. The second-order valence-corrected chi connectivity index (χ2v) is 11.0. The summed E-state index contributed by atoms with van der Waals surface area (Å²) in [4.78, 5) is 0.158. The first-order valence-electron chi connectivity index (χ1n) is 10.3. The third kappa shape index (κ3) is 5.76. The van der Waals surface area contributed by atoms with Crippen molar-refractivity contribution in [2.75, 3.05) is 42.9 Å². The summed E-state index contributed by atoms with van der Waals surface area (Å²) in [6, 6.07) is 11.1. The molecule has 0 bridgehead atoms. The maximum absolute atomic E-state index is 13.1. The van der Waals surface area contributed by atoms with Crippen molar-refractivity contribution in [1.29, 1.82) is 0 Å². The van der Waals surface area contributed by atoms with Gasteiger partial charge in [-0.15, -0.1) is 0 Å². The van der Waals surface area contributed by atoms with Gasteiger partial charge in [-0.3, -0.25) is 4.72 Å². The first-order chi connectivity index (χ1) is 14.7. The highest BCUT2D eigenvalue weighted by atomic mass is 32.2. The number of benzene rings is 2. The second-order valence-electron chi connectivity index (χ2n) is 7.43. The lowest BCUT2D eigenvalue weighted by molar-refractivity contribution is 0.0730. The smallest absolute Gasteiger partial charge is 0.261 e. The SMILES string of the molecule is CCCCNc1ccc(S(=O)(=O)N2CCOCC2)cc1NS(=O)(=O)c1cccc(C)c1. The maximum atomic E-state index is 13.1. The number of anilines is 2. The van der Waals surface area contributed by atoms with Crippen molar-refractivity contribution in [1.82, 2.24) is 4.31 Å². The molecular formula is C21H29N3O5S2. The number of morpholine rings is 1. The number of sulfonamides is 2. The van der Waals surface area contributed by atoms with Crippen molar-refractivity contribution in [3.05, 3.63) is 48.0 Å². The lowest BCUT2D eigenvalue weighted by Crippen LogP contribution is -2.40. The van der Waals surface area contributed by atoms with E-state index in [2.05, 4.69) is 17.0 Å². The van der Waals surface area contributed by atoms with E-state index in [-0.39, 0.29) is 28.6 Å². The summed E-state index contributed by atoms with van der Waals surface area (Å²) in [5.41, 5.74) is 1.55. The van der Waals surface area contributed by atoms with Crippen molar-refractivity contribution in [3.8, 4) is 0 Å². The molecule has 0 spiro atoms. The Bertz CT molecular complexity index is 1110. The van der Waals surface area contributed by atoms with Crippen LogP contribution in [0.4, 0.5) is 11.4 Å². The van der Waals surface area contributed by atoms with Crippen LogP contribution in [0.25, 0.3) is 0 Å². The van der Waals surface area contributed by atoms with Crippen LogP contribution in [0.15, 0.2) is 52.3 Å². The minimum absolute atomic E-state index is 0.0392. The molecular weight excluding hydrogens is 438 g/mol. The topological polar surface area (TPSA) is 105 Å². The van der Waals surface area contributed by atoms with E-state index in [9.17, 15) is 16.8 Å². The molecule has 0 aromatic heterocycles. The van der Waals surface area contributed by atoms with Crippen molar-refractivity contribution < 1.29 is 21.6 Å². The van der Waals surface area contributed by atoms with Gasteiger partial charge in [0.1, 0.15) is 0 Å². The van der Waals surface area contributed by atoms with Gasteiger partial charge in [0.2, 0.25) is 10.0 Å². The molecule has 0 saturated carbocycles.